The van der Waals surface area contributed by atoms with Gasteiger partial charge in [-0.2, -0.15) is 0 Å². The van der Waals surface area contributed by atoms with Crippen molar-refractivity contribution in [2.24, 2.45) is 0 Å². The maximum absolute atomic E-state index is 12.5. The molecule has 3 rings (SSSR count). The van der Waals surface area contributed by atoms with Gasteiger partial charge in [0.15, 0.2) is 17.4 Å². The van der Waals surface area contributed by atoms with Gasteiger partial charge in [-0.15, -0.1) is 0 Å². The van der Waals surface area contributed by atoms with E-state index >= 15 is 0 Å². The number of rotatable bonds is 24. The predicted molar refractivity (Wildman–Crippen MR) is 211 cm³/mol. The second kappa shape index (κ2) is 23.0. The molecule has 0 aromatic heterocycles. The van der Waals surface area contributed by atoms with Crippen molar-refractivity contribution in [1.29, 1.82) is 0 Å². The zero-order valence-electron chi connectivity index (χ0n) is 38.0. The highest BCUT2D eigenvalue weighted by molar-refractivity contribution is 6.64. The summed E-state index contributed by atoms with van der Waals surface area (Å²) in [6, 6.07) is 0. The summed E-state index contributed by atoms with van der Waals surface area (Å²) in [5, 5.41) is -0.892. The highest BCUT2D eigenvalue weighted by atomic mass is 28.4. The van der Waals surface area contributed by atoms with Gasteiger partial charge < -0.3 is 70.1 Å². The van der Waals surface area contributed by atoms with Gasteiger partial charge in [0.05, 0.1) is 39.6 Å². The normalized spacial score (nSPS) is 25.2. The minimum Gasteiger partial charge on any atom is -0.466 e. The average molecular weight is 911 g/mol. The van der Waals surface area contributed by atoms with E-state index in [2.05, 4.69) is 0 Å². The van der Waals surface area contributed by atoms with Crippen molar-refractivity contribution in [3.63, 3.8) is 0 Å². The molecular weight excluding hydrogens is 845 g/mol. The molecule has 0 unspecified atom stereocenters. The molecule has 0 saturated carbocycles. The Kier molecular flexibility index (Phi) is 19.7. The minimum atomic E-state index is -4.07. The first-order chi connectivity index (χ1) is 28.8. The smallest absolute Gasteiger partial charge is 0.466 e. The highest BCUT2D eigenvalue weighted by Crippen LogP contribution is 2.42. The third-order valence-electron chi connectivity index (χ3n) is 9.09. The quantitative estimate of drug-likeness (QED) is 0.0585. The fourth-order valence-electron chi connectivity index (χ4n) is 6.59. The Morgan fingerprint density at radius 3 is 0.823 bits per heavy atom. The van der Waals surface area contributed by atoms with Crippen LogP contribution in [0.5, 0.6) is 0 Å². The van der Waals surface area contributed by atoms with Crippen LogP contribution in [0.2, 0.25) is 5.04 Å². The topological polar surface area (TPSA) is 241 Å². The molecule has 21 nitrogen and oxygen atoms in total. The van der Waals surface area contributed by atoms with Crippen molar-refractivity contribution >= 4 is 44.6 Å². The number of hydrogen-bond donors (Lipinski definition) is 0. The van der Waals surface area contributed by atoms with Gasteiger partial charge >= 0.3 is 44.6 Å². The Balaban J connectivity index is 1.88. The van der Waals surface area contributed by atoms with Crippen LogP contribution in [0, 0.1) is 0 Å². The third kappa shape index (κ3) is 17.0. The Labute approximate surface area is 363 Å². The van der Waals surface area contributed by atoms with E-state index in [0.29, 0.717) is 0 Å². The first-order valence-electron chi connectivity index (χ1n) is 20.7. The molecule has 0 bridgehead atoms. The summed E-state index contributed by atoms with van der Waals surface area (Å²) in [5.41, 5.74) is 0. The van der Waals surface area contributed by atoms with E-state index in [0.717, 1.165) is 0 Å². The molecule has 6 atom stereocenters. The lowest BCUT2D eigenvalue weighted by atomic mass is 10.2. The molecule has 3 aliphatic rings. The van der Waals surface area contributed by atoms with E-state index < -0.39 is 123 Å². The Morgan fingerprint density at radius 2 is 0.613 bits per heavy atom. The van der Waals surface area contributed by atoms with Crippen LogP contribution < -0.4 is 0 Å². The van der Waals surface area contributed by atoms with Crippen LogP contribution in [0.4, 0.5) is 0 Å². The van der Waals surface area contributed by atoms with E-state index in [-0.39, 0.29) is 59.5 Å². The molecule has 3 heterocycles. The lowest BCUT2D eigenvalue weighted by molar-refractivity contribution is -0.164. The summed E-state index contributed by atoms with van der Waals surface area (Å²) in [4.78, 5) is 73.0. The average Bonchev–Trinajstić information content (AvgIpc) is 3.74. The van der Waals surface area contributed by atoms with Crippen LogP contribution in [0.1, 0.15) is 102 Å². The molecular formula is C40H66O21Si. The number of esters is 6. The van der Waals surface area contributed by atoms with E-state index in [4.69, 9.17) is 70.1 Å². The number of carbonyl (C=O) groups is 6. The second-order valence-electron chi connectivity index (χ2n) is 16.9. The zero-order valence-corrected chi connectivity index (χ0v) is 39.0. The molecule has 356 valence electrons. The van der Waals surface area contributed by atoms with Crippen LogP contribution in [-0.4, -0.2) is 158 Å². The largest absolute Gasteiger partial charge is 0.506 e. The van der Waals surface area contributed by atoms with E-state index in [9.17, 15) is 28.8 Å². The molecule has 3 aliphatic heterocycles. The van der Waals surface area contributed by atoms with Crippen molar-refractivity contribution in [1.82, 2.24) is 0 Å². The fourth-order valence-corrected chi connectivity index (χ4v) is 9.29. The van der Waals surface area contributed by atoms with Crippen LogP contribution in [0.3, 0.4) is 0 Å². The molecule has 62 heavy (non-hydrogen) atoms. The Morgan fingerprint density at radius 1 is 0.403 bits per heavy atom. The summed E-state index contributed by atoms with van der Waals surface area (Å²) < 4.78 is 87.6. The fraction of sp³-hybridized carbons (Fsp3) is 0.850. The van der Waals surface area contributed by atoms with Crippen molar-refractivity contribution in [3.05, 3.63) is 0 Å². The van der Waals surface area contributed by atoms with Crippen LogP contribution >= 0.6 is 0 Å². The van der Waals surface area contributed by atoms with Crippen LogP contribution in [-0.2, 0) is 98.9 Å². The Hall–Kier alpha value is -3.32. The van der Waals surface area contributed by atoms with Crippen molar-refractivity contribution < 1.29 is 98.9 Å². The molecule has 3 fully saturated rings. The Bertz CT molecular complexity index is 1360. The second-order valence-corrected chi connectivity index (χ2v) is 20.3. The summed E-state index contributed by atoms with van der Waals surface area (Å²) in [7, 11) is -4.07. The lowest BCUT2D eigenvalue weighted by Gasteiger charge is -2.41. The molecule has 0 aromatic carbocycles. The first kappa shape index (κ1) is 53.0. The zero-order chi connectivity index (χ0) is 46.5. The third-order valence-corrected chi connectivity index (χ3v) is 12.6. The maximum atomic E-state index is 12.5. The molecule has 3 saturated heterocycles. The summed E-state index contributed by atoms with van der Waals surface area (Å²) in [6.07, 6.45) is -6.80. The molecule has 0 aromatic rings. The van der Waals surface area contributed by atoms with Gasteiger partial charge in [0.2, 0.25) is 0 Å². The van der Waals surface area contributed by atoms with Crippen LogP contribution in [0.15, 0.2) is 0 Å². The minimum absolute atomic E-state index is 0.106. The molecule has 0 amide bonds. The standard InChI is InChI=1S/C40H66O21Si/c1-13-47-31(41)16-34(44)50-19-25-28(59-38(7,8)56-25)22-53-62(37(4,5)6,54-23-29-26(57-39(9,10)60-29)20-51-35(45)17-32(42)48-14-2)55-24-30-27(58-40(11,12)61-30)21-52-36(46)18-33(43)49-15-3/h25-30H,13-24H2,1-12H3/t25-,26-,27-,28-,29-,30-/m0/s1. The van der Waals surface area contributed by atoms with Gasteiger partial charge in [0.1, 0.15) is 75.7 Å². The monoisotopic (exact) mass is 910 g/mol. The van der Waals surface area contributed by atoms with Gasteiger partial charge in [0, 0.05) is 5.04 Å². The highest BCUT2D eigenvalue weighted by Gasteiger charge is 2.57. The van der Waals surface area contributed by atoms with Gasteiger partial charge in [0.25, 0.3) is 0 Å². The van der Waals surface area contributed by atoms with Gasteiger partial charge in [-0.25, -0.2) is 0 Å². The molecule has 0 radical (unpaired) electrons. The van der Waals surface area contributed by atoms with E-state index in [1.165, 1.54) is 0 Å². The summed E-state index contributed by atoms with van der Waals surface area (Å²) in [6.45, 7) is 19.4. The summed E-state index contributed by atoms with van der Waals surface area (Å²) >= 11 is 0. The molecule has 22 heteroatoms. The van der Waals surface area contributed by atoms with Crippen molar-refractivity contribution in [2.45, 2.75) is 161 Å². The van der Waals surface area contributed by atoms with Crippen molar-refractivity contribution in [3.8, 4) is 0 Å². The van der Waals surface area contributed by atoms with Gasteiger partial charge in [-0.05, 0) is 62.3 Å². The number of carbonyl (C=O) groups excluding carboxylic acids is 6. The predicted octanol–water partition coefficient (Wildman–Crippen LogP) is 2.82. The van der Waals surface area contributed by atoms with Crippen molar-refractivity contribution in [2.75, 3.05) is 59.5 Å². The first-order valence-corrected chi connectivity index (χ1v) is 22.5. The molecule has 0 N–H and O–H groups in total. The van der Waals surface area contributed by atoms with Gasteiger partial charge in [-0.1, -0.05) is 20.8 Å². The van der Waals surface area contributed by atoms with Gasteiger partial charge in [-0.3, -0.25) is 28.8 Å². The maximum Gasteiger partial charge on any atom is 0.506 e. The van der Waals surface area contributed by atoms with E-state index in [1.54, 1.807) is 62.3 Å². The van der Waals surface area contributed by atoms with E-state index in [1.807, 2.05) is 20.8 Å². The lowest BCUT2D eigenvalue weighted by Crippen LogP contribution is -2.57. The number of ether oxygens (including phenoxy) is 12. The summed E-state index contributed by atoms with van der Waals surface area (Å²) in [5.74, 6) is -8.01. The van der Waals surface area contributed by atoms with Crippen LogP contribution in [0.25, 0.3) is 0 Å². The molecule has 0 spiro atoms. The number of hydrogen-bond acceptors (Lipinski definition) is 21. The molecule has 0 aliphatic carbocycles. The SMILES string of the molecule is CCOC(=O)CC(=O)OC[C@@H]1OC(C)(C)O[C@H]1CO[Si](OC[C@@H]1OC(C)(C)O[C@H]1COC(=O)CC(=O)OCC)(OC[C@@H]1OC(C)(C)O[C@H]1COC(=O)CC(=O)OCC)C(C)(C)C.